The van der Waals surface area contributed by atoms with Gasteiger partial charge in [-0.05, 0) is 87.8 Å². The molecule has 0 saturated carbocycles. The van der Waals surface area contributed by atoms with Gasteiger partial charge in [0.05, 0.1) is 16.6 Å². The zero-order valence-corrected chi connectivity index (χ0v) is 19.9. The maximum atomic E-state index is 14.1. The molecule has 0 aromatic heterocycles. The van der Waals surface area contributed by atoms with Gasteiger partial charge in [0.1, 0.15) is 12.4 Å². The third kappa shape index (κ3) is 5.42. The van der Waals surface area contributed by atoms with E-state index in [1.54, 1.807) is 6.07 Å². The lowest BCUT2D eigenvalue weighted by atomic mass is 9.98. The number of nitrogens with one attached hydrogen (secondary N) is 1. The maximum Gasteiger partial charge on any atom is 0.407 e. The lowest BCUT2D eigenvalue weighted by Crippen LogP contribution is -2.48. The van der Waals surface area contributed by atoms with Crippen LogP contribution in [0.3, 0.4) is 0 Å². The molecule has 1 amide bonds. The van der Waals surface area contributed by atoms with Gasteiger partial charge >= 0.3 is 6.09 Å². The van der Waals surface area contributed by atoms with Crippen molar-refractivity contribution in [2.45, 2.75) is 42.7 Å². The number of hydrogen-bond acceptors (Lipinski definition) is 5. The van der Waals surface area contributed by atoms with E-state index in [1.807, 2.05) is 7.05 Å². The minimum atomic E-state index is -4.05. The van der Waals surface area contributed by atoms with Gasteiger partial charge < -0.3 is 15.0 Å². The third-order valence-electron chi connectivity index (χ3n) is 6.18. The van der Waals surface area contributed by atoms with Gasteiger partial charge in [0.15, 0.2) is 0 Å². The number of carbonyl (C=O) groups is 1. The summed E-state index contributed by atoms with van der Waals surface area (Å²) < 4.78 is 47.9. The second-order valence-electron chi connectivity index (χ2n) is 8.54. The zero-order valence-electron chi connectivity index (χ0n) is 18.3. The Morgan fingerprint density at radius 1 is 1.15 bits per heavy atom. The Morgan fingerprint density at radius 2 is 1.85 bits per heavy atom. The average molecular weight is 496 g/mol. The minimum absolute atomic E-state index is 0.0313. The van der Waals surface area contributed by atoms with Crippen molar-refractivity contribution in [3.8, 4) is 0 Å². The summed E-state index contributed by atoms with van der Waals surface area (Å²) in [6.07, 6.45) is 2.08. The van der Waals surface area contributed by atoms with E-state index >= 15 is 0 Å². The summed E-state index contributed by atoms with van der Waals surface area (Å²) >= 11 is 5.93. The van der Waals surface area contributed by atoms with Crippen molar-refractivity contribution < 1.29 is 22.3 Å². The predicted octanol–water partition coefficient (Wildman–Crippen LogP) is 3.81. The Labute approximate surface area is 198 Å². The molecule has 2 aliphatic heterocycles. The van der Waals surface area contributed by atoms with Crippen molar-refractivity contribution in [3.63, 3.8) is 0 Å². The number of amides is 1. The van der Waals surface area contributed by atoms with Gasteiger partial charge in [-0.15, -0.1) is 0 Å². The Hall–Kier alpha value is -2.36. The van der Waals surface area contributed by atoms with Crippen molar-refractivity contribution >= 4 is 33.4 Å². The molecule has 4 rings (SSSR count). The molecule has 0 radical (unpaired) electrons. The molecule has 1 saturated heterocycles. The summed E-state index contributed by atoms with van der Waals surface area (Å²) in [6, 6.07) is 9.31. The number of rotatable bonds is 5. The summed E-state index contributed by atoms with van der Waals surface area (Å²) in [7, 11) is -2.01. The number of benzene rings is 2. The van der Waals surface area contributed by atoms with Crippen LogP contribution in [0.2, 0.25) is 5.02 Å². The number of fused-ring (bicyclic) bond motifs is 1. The number of likely N-dealkylation sites (tertiary alicyclic amines) is 1. The van der Waals surface area contributed by atoms with Gasteiger partial charge in [0.25, 0.3) is 10.0 Å². The largest absolute Gasteiger partial charge is 0.447 e. The number of aryl methyl sites for hydroxylation is 1. The number of alkyl carbamates (subject to hydrolysis) is 1. The SMILES string of the molecule is CN1CCC(NC(=O)OCC2CCc3ccc(F)cc3N2S(=O)(=O)c2ccc(Cl)cc2)CC1. The average Bonchev–Trinajstić information content (AvgIpc) is 2.79. The van der Waals surface area contributed by atoms with E-state index in [0.29, 0.717) is 17.9 Å². The molecule has 1 fully saturated rings. The van der Waals surface area contributed by atoms with Crippen LogP contribution in [0.4, 0.5) is 14.9 Å². The van der Waals surface area contributed by atoms with Gasteiger partial charge in [-0.3, -0.25) is 4.31 Å². The second-order valence-corrected chi connectivity index (χ2v) is 10.8. The number of anilines is 1. The zero-order chi connectivity index (χ0) is 23.6. The molecule has 33 heavy (non-hydrogen) atoms. The molecule has 0 aliphatic carbocycles. The molecule has 1 atom stereocenters. The molecule has 2 heterocycles. The summed E-state index contributed by atoms with van der Waals surface area (Å²) in [4.78, 5) is 14.6. The Kier molecular flexibility index (Phi) is 7.11. The highest BCUT2D eigenvalue weighted by atomic mass is 35.5. The fourth-order valence-corrected chi connectivity index (χ4v) is 6.14. The van der Waals surface area contributed by atoms with E-state index in [2.05, 4.69) is 10.2 Å². The molecule has 7 nitrogen and oxygen atoms in total. The number of nitrogens with zero attached hydrogens (tertiary/aromatic N) is 2. The van der Waals surface area contributed by atoms with Crippen LogP contribution in [0.5, 0.6) is 0 Å². The maximum absolute atomic E-state index is 14.1. The molecule has 2 aromatic rings. The van der Waals surface area contributed by atoms with Gasteiger partial charge in [0.2, 0.25) is 0 Å². The topological polar surface area (TPSA) is 79.0 Å². The van der Waals surface area contributed by atoms with Gasteiger partial charge in [-0.1, -0.05) is 17.7 Å². The van der Waals surface area contributed by atoms with E-state index in [1.165, 1.54) is 40.7 Å². The Morgan fingerprint density at radius 3 is 2.55 bits per heavy atom. The quantitative estimate of drug-likeness (QED) is 0.682. The van der Waals surface area contributed by atoms with E-state index in [4.69, 9.17) is 16.3 Å². The van der Waals surface area contributed by atoms with Crippen LogP contribution in [0.1, 0.15) is 24.8 Å². The minimum Gasteiger partial charge on any atom is -0.447 e. The molecular weight excluding hydrogens is 469 g/mol. The summed E-state index contributed by atoms with van der Waals surface area (Å²) in [5.74, 6) is -0.536. The highest BCUT2D eigenvalue weighted by Crippen LogP contribution is 2.36. The van der Waals surface area contributed by atoms with Crippen molar-refractivity contribution in [2.75, 3.05) is 31.0 Å². The van der Waals surface area contributed by atoms with Crippen molar-refractivity contribution in [2.24, 2.45) is 0 Å². The van der Waals surface area contributed by atoms with Crippen molar-refractivity contribution in [3.05, 3.63) is 58.9 Å². The smallest absolute Gasteiger partial charge is 0.407 e. The summed E-state index contributed by atoms with van der Waals surface area (Å²) in [6.45, 7) is 1.65. The van der Waals surface area contributed by atoms with Gasteiger partial charge in [0, 0.05) is 11.1 Å². The lowest BCUT2D eigenvalue weighted by molar-refractivity contribution is 0.128. The standard InChI is InChI=1S/C23H27ClFN3O4S/c1-27-12-10-19(11-13-27)26-23(29)32-15-20-7-3-16-2-6-18(25)14-22(16)28(20)33(30,31)21-8-4-17(24)5-9-21/h2,4-6,8-9,14,19-20H,3,7,10-13,15H2,1H3,(H,26,29). The van der Waals surface area contributed by atoms with Crippen molar-refractivity contribution in [1.82, 2.24) is 10.2 Å². The van der Waals surface area contributed by atoms with E-state index < -0.39 is 28.0 Å². The molecule has 1 N–H and O–H groups in total. The van der Waals surface area contributed by atoms with Crippen LogP contribution in [-0.2, 0) is 21.2 Å². The second kappa shape index (κ2) is 9.87. The molecule has 2 aromatic carbocycles. The molecule has 0 bridgehead atoms. The first kappa shape index (κ1) is 23.8. The number of ether oxygens (including phenoxy) is 1. The molecular formula is C23H27ClFN3O4S. The first-order valence-electron chi connectivity index (χ1n) is 10.9. The number of hydrogen-bond donors (Lipinski definition) is 1. The molecule has 2 aliphatic rings. The normalized spacial score (nSPS) is 19.7. The van der Waals surface area contributed by atoms with Crippen LogP contribution in [0.15, 0.2) is 47.4 Å². The van der Waals surface area contributed by atoms with Gasteiger partial charge in [-0.2, -0.15) is 0 Å². The fourth-order valence-electron chi connectivity index (χ4n) is 4.32. The number of piperidine rings is 1. The predicted molar refractivity (Wildman–Crippen MR) is 125 cm³/mol. The van der Waals surface area contributed by atoms with Crippen molar-refractivity contribution in [1.29, 1.82) is 0 Å². The van der Waals surface area contributed by atoms with E-state index in [9.17, 15) is 17.6 Å². The van der Waals surface area contributed by atoms with Crippen LogP contribution < -0.4 is 9.62 Å². The third-order valence-corrected chi connectivity index (χ3v) is 8.31. The fraction of sp³-hybridized carbons (Fsp3) is 0.435. The van der Waals surface area contributed by atoms with Crippen LogP contribution in [0, 0.1) is 5.82 Å². The lowest BCUT2D eigenvalue weighted by Gasteiger charge is -2.37. The van der Waals surface area contributed by atoms with Crippen LogP contribution in [0.25, 0.3) is 0 Å². The Bertz CT molecular complexity index is 1110. The van der Waals surface area contributed by atoms with E-state index in [-0.39, 0.29) is 23.2 Å². The van der Waals surface area contributed by atoms with Crippen LogP contribution >= 0.6 is 11.6 Å². The van der Waals surface area contributed by atoms with E-state index in [0.717, 1.165) is 31.5 Å². The Balaban J connectivity index is 1.55. The van der Waals surface area contributed by atoms with Crippen LogP contribution in [-0.4, -0.2) is 58.2 Å². The first-order chi connectivity index (χ1) is 15.7. The summed E-state index contributed by atoms with van der Waals surface area (Å²) in [5, 5.41) is 3.28. The molecule has 178 valence electrons. The number of sulfonamides is 1. The molecule has 0 spiro atoms. The number of halogens is 2. The summed E-state index contributed by atoms with van der Waals surface area (Å²) in [5.41, 5.74) is 0.987. The number of carbonyl (C=O) groups excluding carboxylic acids is 1. The molecule has 1 unspecified atom stereocenters. The highest BCUT2D eigenvalue weighted by molar-refractivity contribution is 7.92. The first-order valence-corrected chi connectivity index (χ1v) is 12.8. The monoisotopic (exact) mass is 495 g/mol. The highest BCUT2D eigenvalue weighted by Gasteiger charge is 2.37. The van der Waals surface area contributed by atoms with Gasteiger partial charge in [-0.25, -0.2) is 17.6 Å². The molecule has 10 heteroatoms.